The summed E-state index contributed by atoms with van der Waals surface area (Å²) in [7, 11) is -3.78. The van der Waals surface area contributed by atoms with Crippen LogP contribution in [0.3, 0.4) is 0 Å². The molecule has 174 valence electrons. The molecule has 2 fully saturated rings. The maximum atomic E-state index is 12.9. The topological polar surface area (TPSA) is 126 Å². The average Bonchev–Trinajstić information content (AvgIpc) is 2.80. The summed E-state index contributed by atoms with van der Waals surface area (Å²) in [5.41, 5.74) is -0.325. The smallest absolute Gasteiger partial charge is 0.339 e. The van der Waals surface area contributed by atoms with Crippen molar-refractivity contribution < 1.29 is 27.5 Å². The molecular formula is C22H29N3O6S. The van der Waals surface area contributed by atoms with Crippen molar-refractivity contribution in [2.75, 3.05) is 26.3 Å². The molecule has 1 atom stereocenters. The Morgan fingerprint density at radius 1 is 1.22 bits per heavy atom. The van der Waals surface area contributed by atoms with E-state index in [9.17, 15) is 23.3 Å². The lowest BCUT2D eigenvalue weighted by Crippen LogP contribution is -2.52. The molecule has 1 saturated heterocycles. The lowest BCUT2D eigenvalue weighted by Gasteiger charge is -2.32. The second-order valence-electron chi connectivity index (χ2n) is 8.28. The van der Waals surface area contributed by atoms with Crippen molar-refractivity contribution in [1.29, 1.82) is 5.26 Å². The molecule has 1 aromatic rings. The zero-order chi connectivity index (χ0) is 23.4. The van der Waals surface area contributed by atoms with Crippen LogP contribution in [-0.2, 0) is 24.3 Å². The quantitative estimate of drug-likeness (QED) is 0.639. The molecule has 2 aliphatic rings. The Balaban J connectivity index is 1.72. The maximum Gasteiger partial charge on any atom is 0.339 e. The van der Waals surface area contributed by atoms with Crippen molar-refractivity contribution >= 4 is 21.9 Å². The number of amides is 1. The van der Waals surface area contributed by atoms with E-state index < -0.39 is 33.5 Å². The molecule has 1 amide bonds. The van der Waals surface area contributed by atoms with E-state index in [0.717, 1.165) is 19.3 Å². The number of carbonyl (C=O) groups is 2. The van der Waals surface area contributed by atoms with Gasteiger partial charge in [-0.15, -0.1) is 0 Å². The third kappa shape index (κ3) is 5.28. The minimum absolute atomic E-state index is 0.0142. The standard InChI is InChI=1S/C22H29N3O6S/c1-16-6-7-18(32(28,29)25-10-12-30-13-11-25)14-19(16)21(27)31-17(2)20(26)24-22(15-23)8-4-3-5-9-22/h6-7,14,17H,3-5,8-13H2,1-2H3,(H,24,26). The zero-order valence-electron chi connectivity index (χ0n) is 18.4. The fraction of sp³-hybridized carbons (Fsp3) is 0.591. The van der Waals surface area contributed by atoms with E-state index in [1.54, 1.807) is 13.0 Å². The SMILES string of the molecule is Cc1ccc(S(=O)(=O)N2CCOCC2)cc1C(=O)OC(C)C(=O)NC1(C#N)CCCCC1. The third-order valence-electron chi connectivity index (χ3n) is 5.97. The van der Waals surface area contributed by atoms with Crippen LogP contribution in [0.1, 0.15) is 54.9 Å². The van der Waals surface area contributed by atoms with Crippen LogP contribution < -0.4 is 5.32 Å². The molecule has 3 rings (SSSR count). The number of esters is 1. The van der Waals surface area contributed by atoms with Crippen molar-refractivity contribution in [2.45, 2.75) is 62.5 Å². The van der Waals surface area contributed by atoms with Crippen molar-refractivity contribution in [3.63, 3.8) is 0 Å². The Labute approximate surface area is 188 Å². The summed E-state index contributed by atoms with van der Waals surface area (Å²) in [6.07, 6.45) is 2.73. The molecule has 1 saturated carbocycles. The van der Waals surface area contributed by atoms with E-state index >= 15 is 0 Å². The number of aryl methyl sites for hydroxylation is 1. The van der Waals surface area contributed by atoms with Gasteiger partial charge in [0.1, 0.15) is 5.54 Å². The molecular weight excluding hydrogens is 434 g/mol. The lowest BCUT2D eigenvalue weighted by molar-refractivity contribution is -0.130. The number of carbonyl (C=O) groups excluding carboxylic acids is 2. The molecule has 0 aromatic heterocycles. The first-order chi connectivity index (χ1) is 15.2. The van der Waals surface area contributed by atoms with E-state index in [1.165, 1.54) is 23.4 Å². The first-order valence-electron chi connectivity index (χ1n) is 10.8. The van der Waals surface area contributed by atoms with Gasteiger partial charge in [0.05, 0.1) is 29.7 Å². The van der Waals surface area contributed by atoms with Crippen LogP contribution in [0.5, 0.6) is 0 Å². The van der Waals surface area contributed by atoms with Crippen molar-refractivity contribution in [2.24, 2.45) is 0 Å². The Morgan fingerprint density at radius 3 is 2.50 bits per heavy atom. The number of hydrogen-bond donors (Lipinski definition) is 1. The fourth-order valence-electron chi connectivity index (χ4n) is 3.95. The summed E-state index contributed by atoms with van der Waals surface area (Å²) in [6, 6.07) is 6.48. The summed E-state index contributed by atoms with van der Waals surface area (Å²) < 4.78 is 37.7. The summed E-state index contributed by atoms with van der Waals surface area (Å²) in [4.78, 5) is 25.4. The minimum atomic E-state index is -3.78. The highest BCUT2D eigenvalue weighted by Gasteiger charge is 2.36. The zero-order valence-corrected chi connectivity index (χ0v) is 19.2. The average molecular weight is 464 g/mol. The first kappa shape index (κ1) is 24.2. The van der Waals surface area contributed by atoms with Crippen LogP contribution in [0.25, 0.3) is 0 Å². The summed E-state index contributed by atoms with van der Waals surface area (Å²) in [5.74, 6) is -1.34. The molecule has 1 aromatic carbocycles. The Kier molecular flexibility index (Phi) is 7.54. The molecule has 32 heavy (non-hydrogen) atoms. The van der Waals surface area contributed by atoms with E-state index in [-0.39, 0.29) is 23.5 Å². The van der Waals surface area contributed by atoms with Gasteiger partial charge in [-0.25, -0.2) is 13.2 Å². The van der Waals surface area contributed by atoms with Crippen LogP contribution >= 0.6 is 0 Å². The number of morpholine rings is 1. The predicted molar refractivity (Wildman–Crippen MR) is 115 cm³/mol. The van der Waals surface area contributed by atoms with Crippen LogP contribution in [0.2, 0.25) is 0 Å². The van der Waals surface area contributed by atoms with Crippen LogP contribution in [0.15, 0.2) is 23.1 Å². The predicted octanol–water partition coefficient (Wildman–Crippen LogP) is 1.90. The summed E-state index contributed by atoms with van der Waals surface area (Å²) >= 11 is 0. The van der Waals surface area contributed by atoms with E-state index in [2.05, 4.69) is 11.4 Å². The Bertz CT molecular complexity index is 1000. The molecule has 0 spiro atoms. The molecule has 0 bridgehead atoms. The summed E-state index contributed by atoms with van der Waals surface area (Å²) in [6.45, 7) is 4.22. The van der Waals surface area contributed by atoms with Gasteiger partial charge in [-0.05, 0) is 44.4 Å². The van der Waals surface area contributed by atoms with Gasteiger partial charge in [0.2, 0.25) is 10.0 Å². The Hall–Kier alpha value is -2.48. The molecule has 1 N–H and O–H groups in total. The van der Waals surface area contributed by atoms with Gasteiger partial charge in [0, 0.05) is 13.1 Å². The number of ether oxygens (including phenoxy) is 2. The number of nitrogens with zero attached hydrogens (tertiary/aromatic N) is 2. The van der Waals surface area contributed by atoms with Crippen LogP contribution in [-0.4, -0.2) is 62.5 Å². The van der Waals surface area contributed by atoms with Crippen molar-refractivity contribution in [3.05, 3.63) is 29.3 Å². The fourth-order valence-corrected chi connectivity index (χ4v) is 5.39. The number of sulfonamides is 1. The molecule has 1 aliphatic heterocycles. The third-order valence-corrected chi connectivity index (χ3v) is 7.87. The second kappa shape index (κ2) is 9.98. The molecule has 9 nitrogen and oxygen atoms in total. The Morgan fingerprint density at radius 2 is 1.88 bits per heavy atom. The minimum Gasteiger partial charge on any atom is -0.449 e. The van der Waals surface area contributed by atoms with Crippen LogP contribution in [0, 0.1) is 18.3 Å². The molecule has 1 heterocycles. The highest BCUT2D eigenvalue weighted by atomic mass is 32.2. The highest BCUT2D eigenvalue weighted by Crippen LogP contribution is 2.28. The van der Waals surface area contributed by atoms with Gasteiger partial charge in [-0.1, -0.05) is 25.3 Å². The van der Waals surface area contributed by atoms with Gasteiger partial charge in [0.15, 0.2) is 6.10 Å². The van der Waals surface area contributed by atoms with E-state index in [1.807, 2.05) is 0 Å². The highest BCUT2D eigenvalue weighted by molar-refractivity contribution is 7.89. The number of nitrogens with one attached hydrogen (secondary N) is 1. The van der Waals surface area contributed by atoms with Gasteiger partial charge >= 0.3 is 5.97 Å². The second-order valence-corrected chi connectivity index (χ2v) is 10.2. The number of rotatable bonds is 6. The molecule has 10 heteroatoms. The van der Waals surface area contributed by atoms with Crippen molar-refractivity contribution in [3.8, 4) is 6.07 Å². The van der Waals surface area contributed by atoms with Gasteiger partial charge in [0.25, 0.3) is 5.91 Å². The largest absolute Gasteiger partial charge is 0.449 e. The molecule has 1 unspecified atom stereocenters. The lowest BCUT2D eigenvalue weighted by atomic mass is 9.83. The van der Waals surface area contributed by atoms with Crippen LogP contribution in [0.4, 0.5) is 0 Å². The number of hydrogen-bond acceptors (Lipinski definition) is 7. The number of benzene rings is 1. The maximum absolute atomic E-state index is 12.9. The monoisotopic (exact) mass is 463 g/mol. The normalized spacial score (nSPS) is 20.0. The van der Waals surface area contributed by atoms with Gasteiger partial charge in [-0.2, -0.15) is 9.57 Å². The van der Waals surface area contributed by atoms with Gasteiger partial charge in [-0.3, -0.25) is 4.79 Å². The summed E-state index contributed by atoms with van der Waals surface area (Å²) in [5, 5.41) is 12.3. The van der Waals surface area contributed by atoms with Crippen molar-refractivity contribution in [1.82, 2.24) is 9.62 Å². The number of nitriles is 1. The van der Waals surface area contributed by atoms with Gasteiger partial charge < -0.3 is 14.8 Å². The first-order valence-corrected chi connectivity index (χ1v) is 12.3. The molecule has 0 radical (unpaired) electrons. The van der Waals surface area contributed by atoms with E-state index in [4.69, 9.17) is 9.47 Å². The molecule has 1 aliphatic carbocycles. The van der Waals surface area contributed by atoms with E-state index in [0.29, 0.717) is 31.6 Å².